The molecular weight excluding hydrogens is 274 g/mol. The molecule has 7 heteroatoms. The number of benzene rings is 1. The summed E-state index contributed by atoms with van der Waals surface area (Å²) in [7, 11) is -3.75. The lowest BCUT2D eigenvalue weighted by atomic mass is 10.1. The van der Waals surface area contributed by atoms with Gasteiger partial charge in [-0.05, 0) is 24.3 Å². The van der Waals surface area contributed by atoms with Crippen LogP contribution in [-0.2, 0) is 10.0 Å². The highest BCUT2D eigenvalue weighted by Gasteiger charge is 2.38. The Labute approximate surface area is 110 Å². The van der Waals surface area contributed by atoms with Crippen molar-refractivity contribution in [2.75, 3.05) is 13.1 Å². The number of hydrogen-bond acceptors (Lipinski definition) is 3. The molecule has 4 nitrogen and oxygen atoms in total. The molecule has 1 aliphatic heterocycles. The van der Waals surface area contributed by atoms with Crippen LogP contribution in [0.2, 0.25) is 0 Å². The third-order valence-corrected chi connectivity index (χ3v) is 4.99. The lowest BCUT2D eigenvalue weighted by Crippen LogP contribution is -2.42. The number of halogens is 2. The van der Waals surface area contributed by atoms with Crippen molar-refractivity contribution in [2.24, 2.45) is 0 Å². The predicted octanol–water partition coefficient (Wildman–Crippen LogP) is 1.98. The first kappa shape index (κ1) is 13.9. The van der Waals surface area contributed by atoms with Crippen molar-refractivity contribution in [1.82, 2.24) is 4.31 Å². The first-order valence-electron chi connectivity index (χ1n) is 5.73. The summed E-state index contributed by atoms with van der Waals surface area (Å²) in [5.74, 6) is -2.78. The highest BCUT2D eigenvalue weighted by Crippen LogP contribution is 2.30. The fraction of sp³-hybridized carbons (Fsp3) is 0.417. The summed E-state index contributed by atoms with van der Waals surface area (Å²) in [6.07, 6.45) is -0.912. The minimum absolute atomic E-state index is 0.0247. The van der Waals surface area contributed by atoms with Gasteiger partial charge in [0.1, 0.15) is 0 Å². The van der Waals surface area contributed by atoms with Gasteiger partial charge >= 0.3 is 0 Å². The van der Waals surface area contributed by atoms with E-state index >= 15 is 0 Å². The van der Waals surface area contributed by atoms with E-state index in [1.54, 1.807) is 0 Å². The fourth-order valence-electron chi connectivity index (χ4n) is 1.90. The molecule has 1 aromatic rings. The van der Waals surface area contributed by atoms with Crippen LogP contribution in [0.3, 0.4) is 0 Å². The van der Waals surface area contributed by atoms with E-state index in [1.807, 2.05) is 6.07 Å². The zero-order chi connectivity index (χ0) is 14.1. The highest BCUT2D eigenvalue weighted by molar-refractivity contribution is 7.89. The van der Waals surface area contributed by atoms with Gasteiger partial charge in [0.05, 0.1) is 16.5 Å². The second kappa shape index (κ2) is 4.87. The molecule has 0 aromatic heterocycles. The Hall–Kier alpha value is -1.52. The number of sulfonamides is 1. The Morgan fingerprint density at radius 1 is 1.16 bits per heavy atom. The van der Waals surface area contributed by atoms with Crippen molar-refractivity contribution in [3.8, 4) is 6.07 Å². The van der Waals surface area contributed by atoms with Gasteiger partial charge in [-0.2, -0.15) is 9.57 Å². The van der Waals surface area contributed by atoms with E-state index in [-0.39, 0.29) is 18.0 Å². The van der Waals surface area contributed by atoms with E-state index in [9.17, 15) is 17.2 Å². The van der Waals surface area contributed by atoms with Crippen molar-refractivity contribution in [2.45, 2.75) is 23.7 Å². The monoisotopic (exact) mass is 286 g/mol. The summed E-state index contributed by atoms with van der Waals surface area (Å²) in [6.45, 7) is -0.370. The number of hydrogen-bond donors (Lipinski definition) is 0. The van der Waals surface area contributed by atoms with Gasteiger partial charge in [0.15, 0.2) is 0 Å². The molecule has 1 fully saturated rings. The summed E-state index contributed by atoms with van der Waals surface area (Å²) in [6, 6.07) is 7.32. The van der Waals surface area contributed by atoms with Crippen LogP contribution in [0.15, 0.2) is 29.2 Å². The van der Waals surface area contributed by atoms with Crippen LogP contribution in [-0.4, -0.2) is 31.7 Å². The number of nitrogens with zero attached hydrogens (tertiary/aromatic N) is 2. The second-order valence-electron chi connectivity index (χ2n) is 4.40. The molecule has 0 N–H and O–H groups in total. The van der Waals surface area contributed by atoms with Crippen LogP contribution in [0.5, 0.6) is 0 Å². The quantitative estimate of drug-likeness (QED) is 0.835. The largest absolute Gasteiger partial charge is 0.250 e. The zero-order valence-corrected chi connectivity index (χ0v) is 10.8. The van der Waals surface area contributed by atoms with Gasteiger partial charge in [0.2, 0.25) is 10.0 Å². The molecule has 1 aliphatic rings. The van der Waals surface area contributed by atoms with E-state index in [4.69, 9.17) is 5.26 Å². The molecule has 1 saturated heterocycles. The minimum Gasteiger partial charge on any atom is -0.207 e. The lowest BCUT2D eigenvalue weighted by molar-refractivity contribution is -0.0412. The molecular formula is C12H12F2N2O2S. The summed E-state index contributed by atoms with van der Waals surface area (Å²) in [4.78, 5) is 0.0247. The van der Waals surface area contributed by atoms with Crippen LogP contribution >= 0.6 is 0 Å². The second-order valence-corrected chi connectivity index (χ2v) is 6.33. The van der Waals surface area contributed by atoms with Crippen molar-refractivity contribution >= 4 is 10.0 Å². The van der Waals surface area contributed by atoms with Crippen LogP contribution in [0, 0.1) is 11.3 Å². The van der Waals surface area contributed by atoms with Gasteiger partial charge in [0, 0.05) is 25.9 Å². The SMILES string of the molecule is N#Cc1ccc(S(=O)(=O)N2CCC(F)(F)CC2)cc1. The Bertz CT molecular complexity index is 596. The highest BCUT2D eigenvalue weighted by atomic mass is 32.2. The van der Waals surface area contributed by atoms with E-state index in [2.05, 4.69) is 0 Å². The third kappa shape index (κ3) is 2.91. The predicted molar refractivity (Wildman–Crippen MR) is 64.1 cm³/mol. The maximum Gasteiger partial charge on any atom is 0.250 e. The number of alkyl halides is 2. The topological polar surface area (TPSA) is 61.2 Å². The van der Waals surface area contributed by atoms with Gasteiger partial charge in [-0.1, -0.05) is 0 Å². The average Bonchev–Trinajstić information content (AvgIpc) is 2.38. The standard InChI is InChI=1S/C12H12F2N2O2S/c13-12(14)5-7-16(8-6-12)19(17,18)11-3-1-10(9-15)2-4-11/h1-4H,5-8H2. The smallest absolute Gasteiger partial charge is 0.207 e. The average molecular weight is 286 g/mol. The first-order chi connectivity index (χ1) is 8.85. The van der Waals surface area contributed by atoms with Crippen molar-refractivity contribution in [1.29, 1.82) is 5.26 Å². The maximum atomic E-state index is 13.0. The van der Waals surface area contributed by atoms with Crippen LogP contribution in [0.1, 0.15) is 18.4 Å². The van der Waals surface area contributed by atoms with Crippen molar-refractivity contribution in [3.05, 3.63) is 29.8 Å². The van der Waals surface area contributed by atoms with Gasteiger partial charge < -0.3 is 0 Å². The summed E-state index contributed by atoms with van der Waals surface area (Å²) >= 11 is 0. The van der Waals surface area contributed by atoms with E-state index in [0.29, 0.717) is 5.56 Å². The molecule has 0 atom stereocenters. The van der Waals surface area contributed by atoms with Crippen molar-refractivity contribution < 1.29 is 17.2 Å². The van der Waals surface area contributed by atoms with E-state index in [0.717, 1.165) is 4.31 Å². The molecule has 0 saturated carbocycles. The summed E-state index contributed by atoms with van der Waals surface area (Å²) in [5.41, 5.74) is 0.351. The van der Waals surface area contributed by atoms with Crippen LogP contribution < -0.4 is 0 Å². The maximum absolute atomic E-state index is 13.0. The molecule has 1 heterocycles. The molecule has 0 amide bonds. The molecule has 2 rings (SSSR count). The number of piperidine rings is 1. The number of nitriles is 1. The molecule has 0 unspecified atom stereocenters. The lowest BCUT2D eigenvalue weighted by Gasteiger charge is -2.30. The van der Waals surface area contributed by atoms with E-state index < -0.39 is 28.8 Å². The fourth-order valence-corrected chi connectivity index (χ4v) is 3.35. The summed E-state index contributed by atoms with van der Waals surface area (Å²) < 4.78 is 51.5. The molecule has 0 radical (unpaired) electrons. The molecule has 1 aromatic carbocycles. The molecule has 0 aliphatic carbocycles. The van der Waals surface area contributed by atoms with Gasteiger partial charge in [-0.3, -0.25) is 0 Å². The van der Waals surface area contributed by atoms with Gasteiger partial charge in [-0.25, -0.2) is 17.2 Å². The third-order valence-electron chi connectivity index (χ3n) is 3.08. The Morgan fingerprint density at radius 3 is 2.16 bits per heavy atom. The molecule has 19 heavy (non-hydrogen) atoms. The van der Waals surface area contributed by atoms with Crippen LogP contribution in [0.4, 0.5) is 8.78 Å². The normalized spacial score (nSPS) is 19.8. The molecule has 102 valence electrons. The Morgan fingerprint density at radius 2 is 1.68 bits per heavy atom. The van der Waals surface area contributed by atoms with Crippen molar-refractivity contribution in [3.63, 3.8) is 0 Å². The van der Waals surface area contributed by atoms with Crippen LogP contribution in [0.25, 0.3) is 0 Å². The Kier molecular flexibility index (Phi) is 3.56. The summed E-state index contributed by atoms with van der Waals surface area (Å²) in [5, 5.41) is 8.64. The van der Waals surface area contributed by atoms with E-state index in [1.165, 1.54) is 24.3 Å². The first-order valence-corrected chi connectivity index (χ1v) is 7.17. The Balaban J connectivity index is 2.21. The minimum atomic E-state index is -3.75. The number of rotatable bonds is 2. The van der Waals surface area contributed by atoms with Gasteiger partial charge in [0.25, 0.3) is 5.92 Å². The molecule has 0 spiro atoms. The molecule has 0 bridgehead atoms. The van der Waals surface area contributed by atoms with Gasteiger partial charge in [-0.15, -0.1) is 0 Å². The zero-order valence-electron chi connectivity index (χ0n) is 10.0.